The molecule has 90 valence electrons. The van der Waals surface area contributed by atoms with Crippen LogP contribution in [0.5, 0.6) is 0 Å². The Bertz CT molecular complexity index is 173. The Morgan fingerprint density at radius 2 is 1.67 bits per heavy atom. The third-order valence-corrected chi connectivity index (χ3v) is 1.75. The lowest BCUT2D eigenvalue weighted by atomic mass is 10.1. The minimum atomic E-state index is 0.114. The molecule has 0 bridgehead atoms. The van der Waals surface area contributed by atoms with Gasteiger partial charge in [0.15, 0.2) is 0 Å². The molecule has 0 saturated carbocycles. The van der Waals surface area contributed by atoms with Crippen LogP contribution in [0.3, 0.4) is 0 Å². The molecule has 0 aromatic heterocycles. The Morgan fingerprint density at radius 1 is 1.20 bits per heavy atom. The highest BCUT2D eigenvalue weighted by atomic mass is 16.2. The molecule has 0 rings (SSSR count). The number of nitrogens with zero attached hydrogens (tertiary/aromatic N) is 1. The van der Waals surface area contributed by atoms with E-state index in [4.69, 9.17) is 0 Å². The summed E-state index contributed by atoms with van der Waals surface area (Å²) < 4.78 is 0. The van der Waals surface area contributed by atoms with Gasteiger partial charge in [-0.2, -0.15) is 0 Å². The van der Waals surface area contributed by atoms with Crippen molar-refractivity contribution in [2.45, 2.75) is 47.0 Å². The van der Waals surface area contributed by atoms with Gasteiger partial charge < -0.3 is 4.90 Å². The van der Waals surface area contributed by atoms with Crippen molar-refractivity contribution >= 4 is 5.91 Å². The molecule has 0 aliphatic heterocycles. The van der Waals surface area contributed by atoms with Gasteiger partial charge in [-0.15, -0.1) is 0 Å². The van der Waals surface area contributed by atoms with E-state index in [1.165, 1.54) is 6.42 Å². The normalized spacial score (nSPS) is 11.9. The van der Waals surface area contributed by atoms with Gasteiger partial charge in [-0.25, -0.2) is 0 Å². The lowest BCUT2D eigenvalue weighted by molar-refractivity contribution is -0.132. The molecule has 0 aliphatic rings. The molecule has 0 aromatic rings. The number of hydrogen-bond donors (Lipinski definition) is 0. The summed E-state index contributed by atoms with van der Waals surface area (Å²) in [5.74, 6) is 0.318. The van der Waals surface area contributed by atoms with Crippen LogP contribution in [0.15, 0.2) is 12.2 Å². The molecule has 0 fully saturated rings. The van der Waals surface area contributed by atoms with Crippen molar-refractivity contribution in [2.75, 3.05) is 14.1 Å². The van der Waals surface area contributed by atoms with E-state index in [1.54, 1.807) is 19.0 Å². The van der Waals surface area contributed by atoms with Crippen LogP contribution in [0, 0.1) is 5.92 Å². The average molecular weight is 213 g/mol. The Hall–Kier alpha value is -0.790. The van der Waals surface area contributed by atoms with Gasteiger partial charge in [0.1, 0.15) is 0 Å². The molecule has 0 radical (unpaired) electrons. The molecular weight excluding hydrogens is 186 g/mol. The summed E-state index contributed by atoms with van der Waals surface area (Å²) in [5, 5.41) is 0. The maximum absolute atomic E-state index is 11.3. The van der Waals surface area contributed by atoms with E-state index in [0.29, 0.717) is 0 Å². The predicted molar refractivity (Wildman–Crippen MR) is 67.9 cm³/mol. The fourth-order valence-electron chi connectivity index (χ4n) is 1.01. The zero-order chi connectivity index (χ0) is 12.3. The summed E-state index contributed by atoms with van der Waals surface area (Å²) >= 11 is 0. The zero-order valence-corrected chi connectivity index (χ0v) is 11.2. The van der Waals surface area contributed by atoms with E-state index in [1.807, 2.05) is 6.92 Å². The van der Waals surface area contributed by atoms with Crippen LogP contribution >= 0.6 is 0 Å². The number of rotatable bonds is 4. The van der Waals surface area contributed by atoms with Crippen molar-refractivity contribution in [2.24, 2.45) is 5.92 Å². The van der Waals surface area contributed by atoms with E-state index in [9.17, 15) is 4.79 Å². The smallest absolute Gasteiger partial charge is 0.225 e. The van der Waals surface area contributed by atoms with Gasteiger partial charge in [0.25, 0.3) is 0 Å². The second-order valence-corrected chi connectivity index (χ2v) is 3.96. The van der Waals surface area contributed by atoms with Crippen LogP contribution in [-0.4, -0.2) is 24.9 Å². The van der Waals surface area contributed by atoms with Gasteiger partial charge in [-0.05, 0) is 12.8 Å². The predicted octanol–water partition coefficient (Wildman–Crippen LogP) is 3.48. The maximum Gasteiger partial charge on any atom is 0.225 e. The molecule has 0 aliphatic carbocycles. The Balaban J connectivity index is 0. The highest BCUT2D eigenvalue weighted by Gasteiger charge is 2.12. The summed E-state index contributed by atoms with van der Waals surface area (Å²) in [5.41, 5.74) is 0. The molecule has 1 amide bonds. The highest BCUT2D eigenvalue weighted by Crippen LogP contribution is 2.05. The largest absolute Gasteiger partial charge is 0.349 e. The Labute approximate surface area is 95.4 Å². The van der Waals surface area contributed by atoms with E-state index in [0.717, 1.165) is 12.8 Å². The SMILES string of the molecule is CC/C=C/CC(C)C(=O)N(C)C.CCC. The van der Waals surface area contributed by atoms with Crippen molar-refractivity contribution < 1.29 is 4.79 Å². The van der Waals surface area contributed by atoms with Crippen LogP contribution in [0.2, 0.25) is 0 Å². The van der Waals surface area contributed by atoms with Crippen molar-refractivity contribution in [3.8, 4) is 0 Å². The first kappa shape index (κ1) is 16.6. The standard InChI is InChI=1S/C10H19NO.C3H8/c1-5-6-7-8-9(2)10(12)11(3)4;1-3-2/h6-7,9H,5,8H2,1-4H3;3H2,1-2H3/b7-6+;. The number of carbonyl (C=O) groups excluding carboxylic acids is 1. The molecule has 1 atom stereocenters. The van der Waals surface area contributed by atoms with E-state index in [-0.39, 0.29) is 11.8 Å². The third kappa shape index (κ3) is 11.1. The van der Waals surface area contributed by atoms with Gasteiger partial charge in [0.05, 0.1) is 0 Å². The number of amides is 1. The molecular formula is C13H27NO. The topological polar surface area (TPSA) is 20.3 Å². The monoisotopic (exact) mass is 213 g/mol. The minimum Gasteiger partial charge on any atom is -0.349 e. The maximum atomic E-state index is 11.3. The molecule has 15 heavy (non-hydrogen) atoms. The minimum absolute atomic E-state index is 0.114. The summed E-state index contributed by atoms with van der Waals surface area (Å²) in [4.78, 5) is 13.0. The summed E-state index contributed by atoms with van der Waals surface area (Å²) in [7, 11) is 3.59. The lowest BCUT2D eigenvalue weighted by Crippen LogP contribution is -2.27. The van der Waals surface area contributed by atoms with E-state index < -0.39 is 0 Å². The second kappa shape index (κ2) is 11.3. The quantitative estimate of drug-likeness (QED) is 0.655. The van der Waals surface area contributed by atoms with Gasteiger partial charge in [-0.1, -0.05) is 46.3 Å². The number of hydrogen-bond acceptors (Lipinski definition) is 1. The van der Waals surface area contributed by atoms with E-state index >= 15 is 0 Å². The Kier molecular flexibility index (Phi) is 12.5. The third-order valence-electron chi connectivity index (χ3n) is 1.75. The first-order valence-electron chi connectivity index (χ1n) is 5.87. The first-order chi connectivity index (χ1) is 7.01. The second-order valence-electron chi connectivity index (χ2n) is 3.96. The summed E-state index contributed by atoms with van der Waals surface area (Å²) in [6.07, 6.45) is 7.32. The van der Waals surface area contributed by atoms with Gasteiger partial charge >= 0.3 is 0 Å². The number of carbonyl (C=O) groups is 1. The van der Waals surface area contributed by atoms with Crippen LogP contribution < -0.4 is 0 Å². The van der Waals surface area contributed by atoms with Crippen LogP contribution in [-0.2, 0) is 4.79 Å². The zero-order valence-electron chi connectivity index (χ0n) is 11.2. The first-order valence-corrected chi connectivity index (χ1v) is 5.87. The lowest BCUT2D eigenvalue weighted by Gasteiger charge is -2.14. The molecule has 0 aromatic carbocycles. The van der Waals surface area contributed by atoms with E-state index in [2.05, 4.69) is 32.9 Å². The van der Waals surface area contributed by atoms with Gasteiger partial charge in [0, 0.05) is 20.0 Å². The van der Waals surface area contributed by atoms with Crippen molar-refractivity contribution in [3.05, 3.63) is 12.2 Å². The van der Waals surface area contributed by atoms with Crippen LogP contribution in [0.25, 0.3) is 0 Å². The molecule has 1 unspecified atom stereocenters. The fourth-order valence-corrected chi connectivity index (χ4v) is 1.01. The van der Waals surface area contributed by atoms with Crippen molar-refractivity contribution in [1.29, 1.82) is 0 Å². The van der Waals surface area contributed by atoms with Crippen LogP contribution in [0.4, 0.5) is 0 Å². The fraction of sp³-hybridized carbons (Fsp3) is 0.769. The molecule has 0 N–H and O–H groups in total. The molecule has 2 nitrogen and oxygen atoms in total. The molecule has 2 heteroatoms. The van der Waals surface area contributed by atoms with Gasteiger partial charge in [-0.3, -0.25) is 4.79 Å². The molecule has 0 heterocycles. The van der Waals surface area contributed by atoms with Gasteiger partial charge in [0.2, 0.25) is 5.91 Å². The van der Waals surface area contributed by atoms with Crippen molar-refractivity contribution in [3.63, 3.8) is 0 Å². The average Bonchev–Trinajstić information content (AvgIpc) is 2.18. The van der Waals surface area contributed by atoms with Crippen molar-refractivity contribution in [1.82, 2.24) is 4.90 Å². The summed E-state index contributed by atoms with van der Waals surface area (Å²) in [6.45, 7) is 8.30. The molecule has 0 saturated heterocycles. The Morgan fingerprint density at radius 3 is 2.00 bits per heavy atom. The highest BCUT2D eigenvalue weighted by molar-refractivity contribution is 5.78. The van der Waals surface area contributed by atoms with Crippen LogP contribution in [0.1, 0.15) is 47.0 Å². The summed E-state index contributed by atoms with van der Waals surface area (Å²) in [6, 6.07) is 0. The molecule has 0 spiro atoms. The number of allylic oxidation sites excluding steroid dienone is 2.